The maximum absolute atomic E-state index is 5.95. The number of aliphatic imine (C=N–C) groups is 1. The Kier molecular flexibility index (Phi) is 2.86. The summed E-state index contributed by atoms with van der Waals surface area (Å²) in [5, 5.41) is 0. The molecule has 1 heterocycles. The van der Waals surface area contributed by atoms with E-state index in [1.54, 1.807) is 0 Å². The Morgan fingerprint density at radius 1 is 1.28 bits per heavy atom. The second-order valence-electron chi connectivity index (χ2n) is 5.54. The molecular formula is C15H21N3. The predicted molar refractivity (Wildman–Crippen MR) is 75.1 cm³/mol. The molecule has 96 valence electrons. The monoisotopic (exact) mass is 243 g/mol. The summed E-state index contributed by atoms with van der Waals surface area (Å²) in [7, 11) is 2.10. The van der Waals surface area contributed by atoms with Crippen molar-refractivity contribution in [1.29, 1.82) is 0 Å². The van der Waals surface area contributed by atoms with Crippen LogP contribution >= 0.6 is 0 Å². The fraction of sp³-hybridized carbons (Fsp3) is 0.533. The van der Waals surface area contributed by atoms with E-state index in [9.17, 15) is 0 Å². The van der Waals surface area contributed by atoms with Gasteiger partial charge in [0.25, 0.3) is 0 Å². The average molecular weight is 243 g/mol. The van der Waals surface area contributed by atoms with Gasteiger partial charge in [-0.05, 0) is 18.4 Å². The number of nitrogens with zero attached hydrogens (tertiary/aromatic N) is 2. The lowest BCUT2D eigenvalue weighted by molar-refractivity contribution is 0.253. The minimum absolute atomic E-state index is 0.266. The van der Waals surface area contributed by atoms with Crippen molar-refractivity contribution in [2.45, 2.75) is 24.7 Å². The molecule has 1 aliphatic carbocycles. The van der Waals surface area contributed by atoms with Gasteiger partial charge >= 0.3 is 0 Å². The van der Waals surface area contributed by atoms with Gasteiger partial charge in [-0.15, -0.1) is 0 Å². The molecular weight excluding hydrogens is 222 g/mol. The van der Waals surface area contributed by atoms with Crippen LogP contribution in [0.25, 0.3) is 0 Å². The van der Waals surface area contributed by atoms with Gasteiger partial charge in [-0.2, -0.15) is 0 Å². The second kappa shape index (κ2) is 4.39. The standard InChI is InChI=1S/C15H21N3/c1-18-10-9-17-14(18)12-3-5-13(6-4-12)15(11-16)7-2-8-15/h3-6H,2,7-11,16H2,1H3. The van der Waals surface area contributed by atoms with Crippen LogP contribution in [0, 0.1) is 0 Å². The van der Waals surface area contributed by atoms with Crippen molar-refractivity contribution >= 4 is 5.84 Å². The molecule has 2 aliphatic rings. The van der Waals surface area contributed by atoms with Gasteiger partial charge in [0, 0.05) is 31.1 Å². The van der Waals surface area contributed by atoms with E-state index in [0.29, 0.717) is 0 Å². The van der Waals surface area contributed by atoms with E-state index < -0.39 is 0 Å². The van der Waals surface area contributed by atoms with Crippen LogP contribution in [0.3, 0.4) is 0 Å². The minimum Gasteiger partial charge on any atom is -0.358 e. The third kappa shape index (κ3) is 1.74. The van der Waals surface area contributed by atoms with Crippen LogP contribution in [-0.4, -0.2) is 37.4 Å². The third-order valence-corrected chi connectivity index (χ3v) is 4.52. The molecule has 1 fully saturated rings. The second-order valence-corrected chi connectivity index (χ2v) is 5.54. The third-order valence-electron chi connectivity index (χ3n) is 4.52. The number of amidine groups is 1. The molecule has 1 aromatic rings. The number of hydrogen-bond donors (Lipinski definition) is 1. The van der Waals surface area contributed by atoms with Gasteiger partial charge in [0.2, 0.25) is 0 Å². The van der Waals surface area contributed by atoms with E-state index in [4.69, 9.17) is 5.73 Å². The zero-order chi connectivity index (χ0) is 12.6. The molecule has 2 N–H and O–H groups in total. The molecule has 3 rings (SSSR count). The van der Waals surface area contributed by atoms with Gasteiger partial charge in [0.1, 0.15) is 5.84 Å². The molecule has 0 radical (unpaired) electrons. The van der Waals surface area contributed by atoms with E-state index >= 15 is 0 Å². The van der Waals surface area contributed by atoms with Crippen molar-refractivity contribution < 1.29 is 0 Å². The highest BCUT2D eigenvalue weighted by molar-refractivity contribution is 5.99. The Balaban J connectivity index is 1.85. The first-order valence-corrected chi connectivity index (χ1v) is 6.82. The average Bonchev–Trinajstić information content (AvgIpc) is 2.76. The SMILES string of the molecule is CN1CCN=C1c1ccc(C2(CN)CCC2)cc1. The van der Waals surface area contributed by atoms with Gasteiger partial charge in [-0.3, -0.25) is 4.99 Å². The smallest absolute Gasteiger partial charge is 0.130 e. The van der Waals surface area contributed by atoms with Gasteiger partial charge in [0.15, 0.2) is 0 Å². The van der Waals surface area contributed by atoms with Crippen molar-refractivity contribution in [2.75, 3.05) is 26.7 Å². The Bertz CT molecular complexity index is 452. The highest BCUT2D eigenvalue weighted by Gasteiger charge is 2.37. The molecule has 0 spiro atoms. The minimum atomic E-state index is 0.266. The van der Waals surface area contributed by atoms with Crippen LogP contribution in [-0.2, 0) is 5.41 Å². The highest BCUT2D eigenvalue weighted by Crippen LogP contribution is 2.42. The van der Waals surface area contributed by atoms with Crippen LogP contribution in [0.4, 0.5) is 0 Å². The molecule has 1 saturated carbocycles. The molecule has 0 atom stereocenters. The van der Waals surface area contributed by atoms with Crippen molar-refractivity contribution in [1.82, 2.24) is 4.90 Å². The van der Waals surface area contributed by atoms with Gasteiger partial charge < -0.3 is 10.6 Å². The number of benzene rings is 1. The normalized spacial score (nSPS) is 21.7. The van der Waals surface area contributed by atoms with Crippen molar-refractivity contribution in [3.05, 3.63) is 35.4 Å². The molecule has 0 amide bonds. The largest absolute Gasteiger partial charge is 0.358 e. The van der Waals surface area contributed by atoms with Gasteiger partial charge in [-0.25, -0.2) is 0 Å². The van der Waals surface area contributed by atoms with E-state index in [1.165, 1.54) is 30.4 Å². The van der Waals surface area contributed by atoms with Crippen molar-refractivity contribution in [2.24, 2.45) is 10.7 Å². The summed E-state index contributed by atoms with van der Waals surface area (Å²) in [6.07, 6.45) is 3.79. The van der Waals surface area contributed by atoms with E-state index in [1.807, 2.05) is 0 Å². The molecule has 0 aromatic heterocycles. The Morgan fingerprint density at radius 3 is 2.44 bits per heavy atom. The van der Waals surface area contributed by atoms with Crippen molar-refractivity contribution in [3.63, 3.8) is 0 Å². The predicted octanol–water partition coefficient (Wildman–Crippen LogP) is 1.76. The van der Waals surface area contributed by atoms with E-state index in [0.717, 1.165) is 25.5 Å². The topological polar surface area (TPSA) is 41.6 Å². The molecule has 0 bridgehead atoms. The zero-order valence-corrected chi connectivity index (χ0v) is 11.0. The summed E-state index contributed by atoms with van der Waals surface area (Å²) in [6, 6.07) is 8.89. The van der Waals surface area contributed by atoms with Crippen LogP contribution in [0.15, 0.2) is 29.3 Å². The molecule has 18 heavy (non-hydrogen) atoms. The molecule has 3 nitrogen and oxygen atoms in total. The van der Waals surface area contributed by atoms with Crippen molar-refractivity contribution in [3.8, 4) is 0 Å². The lowest BCUT2D eigenvalue weighted by Gasteiger charge is -2.41. The quantitative estimate of drug-likeness (QED) is 0.879. The Hall–Kier alpha value is -1.35. The summed E-state index contributed by atoms with van der Waals surface area (Å²) in [4.78, 5) is 6.77. The molecule has 3 heteroatoms. The van der Waals surface area contributed by atoms with Crippen LogP contribution < -0.4 is 5.73 Å². The highest BCUT2D eigenvalue weighted by atomic mass is 15.2. The Morgan fingerprint density at radius 2 is 2.00 bits per heavy atom. The lowest BCUT2D eigenvalue weighted by atomic mass is 9.64. The fourth-order valence-corrected chi connectivity index (χ4v) is 3.03. The number of hydrogen-bond acceptors (Lipinski definition) is 3. The summed E-state index contributed by atoms with van der Waals surface area (Å²) in [6.45, 7) is 2.72. The molecule has 0 unspecified atom stereocenters. The van der Waals surface area contributed by atoms with Crippen LogP contribution in [0.1, 0.15) is 30.4 Å². The maximum atomic E-state index is 5.95. The van der Waals surface area contributed by atoms with E-state index in [2.05, 4.69) is 41.2 Å². The number of nitrogens with two attached hydrogens (primary N) is 1. The maximum Gasteiger partial charge on any atom is 0.130 e. The molecule has 1 aromatic carbocycles. The van der Waals surface area contributed by atoms with E-state index in [-0.39, 0.29) is 5.41 Å². The lowest BCUT2D eigenvalue weighted by Crippen LogP contribution is -2.41. The first kappa shape index (κ1) is 11.7. The number of likely N-dealkylation sites (N-methyl/N-ethyl adjacent to an activating group) is 1. The molecule has 0 saturated heterocycles. The first-order valence-electron chi connectivity index (χ1n) is 6.82. The zero-order valence-electron chi connectivity index (χ0n) is 11.0. The summed E-state index contributed by atoms with van der Waals surface area (Å²) in [5.41, 5.74) is 8.85. The summed E-state index contributed by atoms with van der Waals surface area (Å²) in [5.74, 6) is 1.12. The summed E-state index contributed by atoms with van der Waals surface area (Å²) < 4.78 is 0. The summed E-state index contributed by atoms with van der Waals surface area (Å²) >= 11 is 0. The fourth-order valence-electron chi connectivity index (χ4n) is 3.03. The van der Waals surface area contributed by atoms with Crippen LogP contribution in [0.2, 0.25) is 0 Å². The first-order chi connectivity index (χ1) is 8.75. The Labute approximate surface area is 109 Å². The van der Waals surface area contributed by atoms with Gasteiger partial charge in [0.05, 0.1) is 6.54 Å². The molecule has 1 aliphatic heterocycles. The van der Waals surface area contributed by atoms with Gasteiger partial charge in [-0.1, -0.05) is 30.7 Å². The number of rotatable bonds is 3. The van der Waals surface area contributed by atoms with Crippen LogP contribution in [0.5, 0.6) is 0 Å².